The molecule has 2 aromatic carbocycles. The topological polar surface area (TPSA) is 75.7 Å². The zero-order valence-corrected chi connectivity index (χ0v) is 14.0. The van der Waals surface area contributed by atoms with Gasteiger partial charge in [0.1, 0.15) is 5.75 Å². The minimum atomic E-state index is -3.67. The standard InChI is InChI=1S/C17H18N2O4S/c1-2-19(11-13-6-4-3-5-7-13)24(21,22)14-8-9-16-15(10-14)18-17(20)12-23-16/h3-10H,2,11-12H2,1H3,(H,18,20). The lowest BCUT2D eigenvalue weighted by Gasteiger charge is -2.23. The van der Waals surface area contributed by atoms with Gasteiger partial charge >= 0.3 is 0 Å². The number of hydrogen-bond acceptors (Lipinski definition) is 4. The summed E-state index contributed by atoms with van der Waals surface area (Å²) in [5, 5.41) is 2.63. The van der Waals surface area contributed by atoms with E-state index in [0.717, 1.165) is 5.56 Å². The number of fused-ring (bicyclic) bond motifs is 1. The van der Waals surface area contributed by atoms with Crippen LogP contribution in [0.5, 0.6) is 5.75 Å². The van der Waals surface area contributed by atoms with E-state index in [-0.39, 0.29) is 17.4 Å². The van der Waals surface area contributed by atoms with E-state index in [2.05, 4.69) is 5.32 Å². The Bertz CT molecular complexity index is 850. The first-order valence-electron chi connectivity index (χ1n) is 7.61. The molecule has 1 aliphatic rings. The molecular weight excluding hydrogens is 328 g/mol. The Hall–Kier alpha value is -2.38. The van der Waals surface area contributed by atoms with Gasteiger partial charge in [0.15, 0.2) is 6.61 Å². The number of benzene rings is 2. The molecule has 0 aromatic heterocycles. The van der Waals surface area contributed by atoms with Crippen molar-refractivity contribution >= 4 is 21.6 Å². The van der Waals surface area contributed by atoms with Crippen molar-refractivity contribution in [2.24, 2.45) is 0 Å². The molecule has 0 fully saturated rings. The predicted octanol–water partition coefficient (Wildman–Crippen LogP) is 2.23. The zero-order chi connectivity index (χ0) is 17.2. The summed E-state index contributed by atoms with van der Waals surface area (Å²) in [7, 11) is -3.67. The van der Waals surface area contributed by atoms with Crippen molar-refractivity contribution in [3.05, 3.63) is 54.1 Å². The molecule has 126 valence electrons. The van der Waals surface area contributed by atoms with E-state index in [4.69, 9.17) is 4.74 Å². The molecule has 0 saturated carbocycles. The molecule has 0 bridgehead atoms. The van der Waals surface area contributed by atoms with Gasteiger partial charge in [-0.3, -0.25) is 4.79 Å². The fourth-order valence-electron chi connectivity index (χ4n) is 2.53. The van der Waals surface area contributed by atoms with Crippen molar-refractivity contribution < 1.29 is 17.9 Å². The van der Waals surface area contributed by atoms with Gasteiger partial charge in [-0.05, 0) is 23.8 Å². The number of carbonyl (C=O) groups excluding carboxylic acids is 1. The zero-order valence-electron chi connectivity index (χ0n) is 13.2. The number of hydrogen-bond donors (Lipinski definition) is 1. The maximum Gasteiger partial charge on any atom is 0.262 e. The molecule has 7 heteroatoms. The van der Waals surface area contributed by atoms with Crippen LogP contribution in [0, 0.1) is 0 Å². The second-order valence-electron chi connectivity index (χ2n) is 5.41. The van der Waals surface area contributed by atoms with Gasteiger partial charge in [-0.25, -0.2) is 8.42 Å². The lowest BCUT2D eigenvalue weighted by molar-refractivity contribution is -0.118. The molecule has 24 heavy (non-hydrogen) atoms. The maximum atomic E-state index is 12.9. The summed E-state index contributed by atoms with van der Waals surface area (Å²) < 4.78 is 32.5. The Balaban J connectivity index is 1.91. The lowest BCUT2D eigenvalue weighted by Crippen LogP contribution is -2.31. The molecule has 3 rings (SSSR count). The first-order valence-corrected chi connectivity index (χ1v) is 9.05. The molecule has 1 heterocycles. The number of ether oxygens (including phenoxy) is 1. The Morgan fingerprint density at radius 1 is 1.17 bits per heavy atom. The van der Waals surface area contributed by atoms with Crippen LogP contribution in [0.2, 0.25) is 0 Å². The second-order valence-corrected chi connectivity index (χ2v) is 7.35. The third kappa shape index (κ3) is 3.27. The van der Waals surface area contributed by atoms with Crippen molar-refractivity contribution in [1.29, 1.82) is 0 Å². The molecule has 0 spiro atoms. The minimum Gasteiger partial charge on any atom is -0.482 e. The summed E-state index contributed by atoms with van der Waals surface area (Å²) in [4.78, 5) is 11.6. The first-order chi connectivity index (χ1) is 11.5. The quantitative estimate of drug-likeness (QED) is 0.901. The smallest absolute Gasteiger partial charge is 0.262 e. The second kappa shape index (κ2) is 6.62. The van der Waals surface area contributed by atoms with E-state index in [1.165, 1.54) is 16.4 Å². The Labute approximate surface area is 141 Å². The van der Waals surface area contributed by atoms with Crippen LogP contribution >= 0.6 is 0 Å². The van der Waals surface area contributed by atoms with Gasteiger partial charge < -0.3 is 10.1 Å². The summed E-state index contributed by atoms with van der Waals surface area (Å²) in [6, 6.07) is 13.9. The number of carbonyl (C=O) groups is 1. The molecule has 1 amide bonds. The number of amides is 1. The van der Waals surface area contributed by atoms with E-state index in [0.29, 0.717) is 24.5 Å². The van der Waals surface area contributed by atoms with Crippen molar-refractivity contribution in [1.82, 2.24) is 4.31 Å². The van der Waals surface area contributed by atoms with Crippen molar-refractivity contribution in [3.8, 4) is 5.75 Å². The molecular formula is C17H18N2O4S. The highest BCUT2D eigenvalue weighted by Crippen LogP contribution is 2.31. The van der Waals surface area contributed by atoms with E-state index in [1.807, 2.05) is 30.3 Å². The highest BCUT2D eigenvalue weighted by Gasteiger charge is 2.26. The van der Waals surface area contributed by atoms with Gasteiger partial charge in [-0.2, -0.15) is 4.31 Å². The number of anilines is 1. The number of nitrogens with zero attached hydrogens (tertiary/aromatic N) is 1. The van der Waals surface area contributed by atoms with Crippen molar-refractivity contribution in [2.45, 2.75) is 18.4 Å². The van der Waals surface area contributed by atoms with E-state index in [1.54, 1.807) is 13.0 Å². The highest BCUT2D eigenvalue weighted by atomic mass is 32.2. The molecule has 2 aromatic rings. The average molecular weight is 346 g/mol. The largest absolute Gasteiger partial charge is 0.482 e. The van der Waals surface area contributed by atoms with Gasteiger partial charge in [0.25, 0.3) is 5.91 Å². The Morgan fingerprint density at radius 2 is 1.92 bits per heavy atom. The number of rotatable bonds is 5. The van der Waals surface area contributed by atoms with Gasteiger partial charge in [-0.15, -0.1) is 0 Å². The third-order valence-corrected chi connectivity index (χ3v) is 5.69. The molecule has 0 unspecified atom stereocenters. The first kappa shape index (κ1) is 16.5. The van der Waals surface area contributed by atoms with Crippen LogP contribution < -0.4 is 10.1 Å². The van der Waals surface area contributed by atoms with E-state index < -0.39 is 10.0 Å². The van der Waals surface area contributed by atoms with Crippen LogP contribution in [0.3, 0.4) is 0 Å². The van der Waals surface area contributed by atoms with Gasteiger partial charge in [0, 0.05) is 13.1 Å². The maximum absolute atomic E-state index is 12.9. The summed E-state index contributed by atoms with van der Waals surface area (Å²) >= 11 is 0. The summed E-state index contributed by atoms with van der Waals surface area (Å²) in [6.45, 7) is 2.37. The third-order valence-electron chi connectivity index (χ3n) is 3.78. The number of nitrogens with one attached hydrogen (secondary N) is 1. The molecule has 0 atom stereocenters. The Kier molecular flexibility index (Phi) is 4.55. The van der Waals surface area contributed by atoms with Crippen molar-refractivity contribution in [3.63, 3.8) is 0 Å². The average Bonchev–Trinajstić information content (AvgIpc) is 2.59. The van der Waals surface area contributed by atoms with Crippen LogP contribution in [0.25, 0.3) is 0 Å². The molecule has 1 N–H and O–H groups in total. The Morgan fingerprint density at radius 3 is 2.62 bits per heavy atom. The normalized spacial score (nSPS) is 14.0. The summed E-state index contributed by atoms with van der Waals surface area (Å²) in [6.07, 6.45) is 0. The number of sulfonamides is 1. The summed E-state index contributed by atoms with van der Waals surface area (Å²) in [5.74, 6) is 0.174. The fourth-order valence-corrected chi connectivity index (χ4v) is 3.99. The fraction of sp³-hybridized carbons (Fsp3) is 0.235. The predicted molar refractivity (Wildman–Crippen MR) is 90.3 cm³/mol. The van der Waals surface area contributed by atoms with Crippen LogP contribution in [-0.2, 0) is 21.4 Å². The monoisotopic (exact) mass is 346 g/mol. The van der Waals surface area contributed by atoms with Crippen LogP contribution in [0.4, 0.5) is 5.69 Å². The molecule has 1 aliphatic heterocycles. The van der Waals surface area contributed by atoms with Crippen molar-refractivity contribution in [2.75, 3.05) is 18.5 Å². The van der Waals surface area contributed by atoms with Crippen LogP contribution in [0.1, 0.15) is 12.5 Å². The summed E-state index contributed by atoms with van der Waals surface area (Å²) in [5.41, 5.74) is 1.29. The minimum absolute atomic E-state index is 0.0613. The van der Waals surface area contributed by atoms with E-state index in [9.17, 15) is 13.2 Å². The lowest BCUT2D eigenvalue weighted by atomic mass is 10.2. The van der Waals surface area contributed by atoms with Gasteiger partial charge in [0.05, 0.1) is 10.6 Å². The molecule has 0 saturated heterocycles. The van der Waals surface area contributed by atoms with Gasteiger partial charge in [0.2, 0.25) is 10.0 Å². The molecule has 0 radical (unpaired) electrons. The van der Waals surface area contributed by atoms with Crippen LogP contribution in [-0.4, -0.2) is 31.8 Å². The molecule has 6 nitrogen and oxygen atoms in total. The SMILES string of the molecule is CCN(Cc1ccccc1)S(=O)(=O)c1ccc2c(c1)NC(=O)CO2. The van der Waals surface area contributed by atoms with Crippen LogP contribution in [0.15, 0.2) is 53.4 Å². The highest BCUT2D eigenvalue weighted by molar-refractivity contribution is 7.89. The van der Waals surface area contributed by atoms with E-state index >= 15 is 0 Å². The van der Waals surface area contributed by atoms with Gasteiger partial charge in [-0.1, -0.05) is 37.3 Å². The molecule has 0 aliphatic carbocycles.